The zero-order valence-corrected chi connectivity index (χ0v) is 14.3. The van der Waals surface area contributed by atoms with Crippen molar-refractivity contribution in [2.75, 3.05) is 25.1 Å². The van der Waals surface area contributed by atoms with Gasteiger partial charge in [0.2, 0.25) is 0 Å². The van der Waals surface area contributed by atoms with Crippen LogP contribution in [0.4, 0.5) is 0 Å². The molecule has 0 aromatic carbocycles. The lowest BCUT2D eigenvalue weighted by Crippen LogP contribution is -2.42. The fourth-order valence-corrected chi connectivity index (χ4v) is 2.34. The molecule has 6 nitrogen and oxygen atoms in total. The third kappa shape index (κ3) is 7.93. The van der Waals surface area contributed by atoms with Crippen LogP contribution in [0.25, 0.3) is 0 Å². The first-order chi connectivity index (χ1) is 10.5. The van der Waals surface area contributed by atoms with E-state index in [4.69, 9.17) is 10.4 Å². The topological polar surface area (TPSA) is 93.4 Å². The Bertz CT molecular complexity index is 426. The fourth-order valence-electron chi connectivity index (χ4n) is 1.87. The molecule has 1 unspecified atom stereocenters. The number of hydrogen-bond donors (Lipinski definition) is 2. The summed E-state index contributed by atoms with van der Waals surface area (Å²) in [5.74, 6) is -1.09. The van der Waals surface area contributed by atoms with E-state index in [0.717, 1.165) is 25.9 Å². The molecule has 1 atom stereocenters. The molecule has 0 bridgehead atoms. The molecule has 0 saturated heterocycles. The standard InChI is InChI=1S/C15H25N3O3S/c1-4-7-18(8-5-2)11-12(10-16)14(19)17-13(15(20)21)6-9-22-3/h11,13H,4-9H2,1-3H3,(H,17,19)(H,20,21)/b12-11-. The van der Waals surface area contributed by atoms with Gasteiger partial charge >= 0.3 is 5.97 Å². The molecule has 0 fully saturated rings. The maximum absolute atomic E-state index is 12.1. The first-order valence-corrected chi connectivity index (χ1v) is 8.78. The molecule has 0 spiro atoms. The van der Waals surface area contributed by atoms with Crippen molar-refractivity contribution < 1.29 is 14.7 Å². The second kappa shape index (κ2) is 11.9. The highest BCUT2D eigenvalue weighted by Crippen LogP contribution is 2.05. The molecule has 0 heterocycles. The number of aliphatic carboxylic acids is 1. The maximum atomic E-state index is 12.1. The van der Waals surface area contributed by atoms with E-state index >= 15 is 0 Å². The van der Waals surface area contributed by atoms with Gasteiger partial charge in [0.25, 0.3) is 5.91 Å². The van der Waals surface area contributed by atoms with E-state index in [-0.39, 0.29) is 5.57 Å². The Labute approximate surface area is 136 Å². The van der Waals surface area contributed by atoms with Crippen LogP contribution >= 0.6 is 11.8 Å². The minimum atomic E-state index is -1.08. The molecule has 0 saturated carbocycles. The van der Waals surface area contributed by atoms with E-state index < -0.39 is 17.9 Å². The van der Waals surface area contributed by atoms with Gasteiger partial charge in [-0.3, -0.25) is 4.79 Å². The molecular weight excluding hydrogens is 302 g/mol. The molecule has 1 amide bonds. The summed E-state index contributed by atoms with van der Waals surface area (Å²) in [6.45, 7) is 5.54. The van der Waals surface area contributed by atoms with Crippen LogP contribution in [0.3, 0.4) is 0 Å². The van der Waals surface area contributed by atoms with Gasteiger partial charge in [0.15, 0.2) is 0 Å². The highest BCUT2D eigenvalue weighted by atomic mass is 32.2. The van der Waals surface area contributed by atoms with Crippen molar-refractivity contribution in [3.8, 4) is 6.07 Å². The molecule has 2 N–H and O–H groups in total. The molecule has 22 heavy (non-hydrogen) atoms. The molecule has 0 aromatic rings. The van der Waals surface area contributed by atoms with Gasteiger partial charge in [-0.2, -0.15) is 17.0 Å². The maximum Gasteiger partial charge on any atom is 0.326 e. The number of carbonyl (C=O) groups excluding carboxylic acids is 1. The number of thioether (sulfide) groups is 1. The van der Waals surface area contributed by atoms with Crippen LogP contribution in [-0.4, -0.2) is 53.0 Å². The van der Waals surface area contributed by atoms with Crippen molar-refractivity contribution in [1.29, 1.82) is 5.26 Å². The van der Waals surface area contributed by atoms with Crippen molar-refractivity contribution in [3.63, 3.8) is 0 Å². The molecule has 0 aliphatic carbocycles. The Balaban J connectivity index is 4.94. The first-order valence-electron chi connectivity index (χ1n) is 7.38. The lowest BCUT2D eigenvalue weighted by molar-refractivity contribution is -0.141. The van der Waals surface area contributed by atoms with Crippen LogP contribution < -0.4 is 5.32 Å². The van der Waals surface area contributed by atoms with Gasteiger partial charge < -0.3 is 15.3 Å². The summed E-state index contributed by atoms with van der Waals surface area (Å²) in [5.41, 5.74) is -0.0581. The van der Waals surface area contributed by atoms with Crippen molar-refractivity contribution in [2.45, 2.75) is 39.2 Å². The van der Waals surface area contributed by atoms with Gasteiger partial charge in [-0.05, 0) is 31.3 Å². The number of nitrogens with zero attached hydrogens (tertiary/aromatic N) is 2. The summed E-state index contributed by atoms with van der Waals surface area (Å²) in [6, 6.07) is 0.889. The van der Waals surface area contributed by atoms with E-state index in [9.17, 15) is 9.59 Å². The van der Waals surface area contributed by atoms with E-state index in [1.165, 1.54) is 18.0 Å². The molecule has 0 rings (SSSR count). The molecule has 0 aliphatic heterocycles. The second-order valence-electron chi connectivity index (χ2n) is 4.84. The van der Waals surface area contributed by atoms with Crippen molar-refractivity contribution in [1.82, 2.24) is 10.2 Å². The highest BCUT2D eigenvalue weighted by molar-refractivity contribution is 7.98. The zero-order chi connectivity index (χ0) is 17.0. The van der Waals surface area contributed by atoms with E-state index in [1.807, 2.05) is 31.1 Å². The third-order valence-electron chi connectivity index (χ3n) is 2.91. The average Bonchev–Trinajstić information content (AvgIpc) is 2.48. The van der Waals surface area contributed by atoms with Gasteiger partial charge in [-0.25, -0.2) is 4.79 Å². The number of nitrogens with one attached hydrogen (secondary N) is 1. The summed E-state index contributed by atoms with van der Waals surface area (Å²) in [7, 11) is 0. The predicted octanol–water partition coefficient (Wildman–Crippen LogP) is 1.84. The van der Waals surface area contributed by atoms with Crippen molar-refractivity contribution in [2.24, 2.45) is 0 Å². The van der Waals surface area contributed by atoms with Crippen LogP contribution in [-0.2, 0) is 9.59 Å². The summed E-state index contributed by atoms with van der Waals surface area (Å²) >= 11 is 1.51. The summed E-state index contributed by atoms with van der Waals surface area (Å²) < 4.78 is 0. The van der Waals surface area contributed by atoms with Gasteiger partial charge in [-0.1, -0.05) is 13.8 Å². The van der Waals surface area contributed by atoms with Crippen LogP contribution in [0.15, 0.2) is 11.8 Å². The summed E-state index contributed by atoms with van der Waals surface area (Å²) in [5, 5.41) is 20.7. The molecule has 0 aliphatic rings. The Morgan fingerprint density at radius 1 is 1.36 bits per heavy atom. The average molecular weight is 327 g/mol. The molecule has 0 radical (unpaired) electrons. The molecule has 0 aromatic heterocycles. The Morgan fingerprint density at radius 2 is 1.95 bits per heavy atom. The SMILES string of the molecule is CCCN(/C=C(/C#N)C(=O)NC(CCSC)C(=O)O)CCC. The minimum Gasteiger partial charge on any atom is -0.480 e. The molecular formula is C15H25N3O3S. The molecule has 7 heteroatoms. The second-order valence-corrected chi connectivity index (χ2v) is 5.82. The molecule has 124 valence electrons. The van der Waals surface area contributed by atoms with Gasteiger partial charge in [-0.15, -0.1) is 0 Å². The number of carboxylic acids is 1. The Hall–Kier alpha value is -1.68. The van der Waals surface area contributed by atoms with Crippen molar-refractivity contribution in [3.05, 3.63) is 11.8 Å². The van der Waals surface area contributed by atoms with Crippen LogP contribution in [0, 0.1) is 11.3 Å². The smallest absolute Gasteiger partial charge is 0.326 e. The van der Waals surface area contributed by atoms with Crippen LogP contribution in [0.5, 0.6) is 0 Å². The van der Waals surface area contributed by atoms with Gasteiger partial charge in [0.1, 0.15) is 17.7 Å². The third-order valence-corrected chi connectivity index (χ3v) is 3.56. The number of amides is 1. The Kier molecular flexibility index (Phi) is 11.0. The minimum absolute atomic E-state index is 0.0581. The van der Waals surface area contributed by atoms with Crippen molar-refractivity contribution >= 4 is 23.6 Å². The Morgan fingerprint density at radius 3 is 2.36 bits per heavy atom. The van der Waals surface area contributed by atoms with Crippen LogP contribution in [0.1, 0.15) is 33.1 Å². The van der Waals surface area contributed by atoms with E-state index in [0.29, 0.717) is 12.2 Å². The normalized spacial score (nSPS) is 12.4. The van der Waals surface area contributed by atoms with Gasteiger partial charge in [0.05, 0.1) is 0 Å². The van der Waals surface area contributed by atoms with Gasteiger partial charge in [0, 0.05) is 19.3 Å². The predicted molar refractivity (Wildman–Crippen MR) is 88.4 cm³/mol. The largest absolute Gasteiger partial charge is 0.480 e. The van der Waals surface area contributed by atoms with Crippen LogP contribution in [0.2, 0.25) is 0 Å². The number of nitriles is 1. The zero-order valence-electron chi connectivity index (χ0n) is 13.5. The lowest BCUT2D eigenvalue weighted by Gasteiger charge is -2.20. The summed E-state index contributed by atoms with van der Waals surface area (Å²) in [4.78, 5) is 25.2. The highest BCUT2D eigenvalue weighted by Gasteiger charge is 2.21. The number of rotatable bonds is 11. The summed E-state index contributed by atoms with van der Waals surface area (Å²) in [6.07, 6.45) is 5.53. The number of carboxylic acid groups (broad SMARTS) is 1. The quantitative estimate of drug-likeness (QED) is 0.444. The first kappa shape index (κ1) is 20.3. The number of carbonyl (C=O) groups is 2. The number of hydrogen-bond acceptors (Lipinski definition) is 5. The lowest BCUT2D eigenvalue weighted by atomic mass is 10.2. The van der Waals surface area contributed by atoms with E-state index in [2.05, 4.69) is 5.32 Å². The van der Waals surface area contributed by atoms with E-state index in [1.54, 1.807) is 0 Å². The monoisotopic (exact) mass is 327 g/mol. The fraction of sp³-hybridized carbons (Fsp3) is 0.667.